The summed E-state index contributed by atoms with van der Waals surface area (Å²) in [5.74, 6) is 0.968. The van der Waals surface area contributed by atoms with Crippen molar-refractivity contribution in [2.24, 2.45) is 4.99 Å². The van der Waals surface area contributed by atoms with Crippen molar-refractivity contribution in [2.75, 3.05) is 40.4 Å². The van der Waals surface area contributed by atoms with Gasteiger partial charge in [-0.05, 0) is 32.6 Å². The van der Waals surface area contributed by atoms with E-state index >= 15 is 0 Å². The second-order valence-corrected chi connectivity index (χ2v) is 4.23. The van der Waals surface area contributed by atoms with Crippen molar-refractivity contribution in [3.63, 3.8) is 0 Å². The zero-order valence-corrected chi connectivity index (χ0v) is 12.2. The molecule has 0 aliphatic heterocycles. The van der Waals surface area contributed by atoms with Gasteiger partial charge in [-0.15, -0.1) is 6.58 Å². The second-order valence-electron chi connectivity index (χ2n) is 4.23. The first-order chi connectivity index (χ1) is 8.76. The third-order valence-electron chi connectivity index (χ3n) is 2.68. The van der Waals surface area contributed by atoms with Gasteiger partial charge < -0.3 is 15.0 Å². The summed E-state index contributed by atoms with van der Waals surface area (Å²) in [4.78, 5) is 6.43. The van der Waals surface area contributed by atoms with E-state index in [4.69, 9.17) is 4.74 Å². The number of unbranched alkanes of at least 4 members (excludes halogenated alkanes) is 2. The van der Waals surface area contributed by atoms with Crippen molar-refractivity contribution in [2.45, 2.75) is 32.6 Å². The van der Waals surface area contributed by atoms with E-state index in [1.54, 1.807) is 0 Å². The van der Waals surface area contributed by atoms with Gasteiger partial charge in [0.2, 0.25) is 0 Å². The molecule has 1 N–H and O–H groups in total. The van der Waals surface area contributed by atoms with Crippen molar-refractivity contribution in [3.05, 3.63) is 12.7 Å². The molecule has 0 aliphatic rings. The number of nitrogens with one attached hydrogen (secondary N) is 1. The molecule has 0 saturated carbocycles. The second kappa shape index (κ2) is 12.4. The van der Waals surface area contributed by atoms with Gasteiger partial charge in [-0.3, -0.25) is 4.99 Å². The van der Waals surface area contributed by atoms with E-state index in [2.05, 4.69) is 28.8 Å². The molecule has 0 radical (unpaired) electrons. The van der Waals surface area contributed by atoms with Crippen molar-refractivity contribution in [1.29, 1.82) is 0 Å². The first kappa shape index (κ1) is 17.0. The zero-order valence-electron chi connectivity index (χ0n) is 12.2. The van der Waals surface area contributed by atoms with Crippen LogP contribution in [-0.2, 0) is 4.74 Å². The van der Waals surface area contributed by atoms with Crippen LogP contribution < -0.4 is 5.32 Å². The summed E-state index contributed by atoms with van der Waals surface area (Å²) in [5.41, 5.74) is 0. The Kier molecular flexibility index (Phi) is 11.7. The molecule has 0 aliphatic carbocycles. The summed E-state index contributed by atoms with van der Waals surface area (Å²) < 4.78 is 5.30. The van der Waals surface area contributed by atoms with Crippen molar-refractivity contribution < 1.29 is 4.74 Å². The number of aliphatic imine (C=N–C) groups is 1. The number of rotatable bonds is 10. The molecular formula is C14H29N3O. The quantitative estimate of drug-likeness (QED) is 0.282. The Morgan fingerprint density at radius 2 is 2.17 bits per heavy atom. The van der Waals surface area contributed by atoms with Crippen LogP contribution in [0.5, 0.6) is 0 Å². The maximum absolute atomic E-state index is 5.30. The Labute approximate surface area is 112 Å². The normalized spacial score (nSPS) is 11.4. The summed E-state index contributed by atoms with van der Waals surface area (Å²) in [6.07, 6.45) is 6.33. The van der Waals surface area contributed by atoms with Crippen LogP contribution in [-0.4, -0.2) is 51.3 Å². The highest BCUT2D eigenvalue weighted by atomic mass is 16.5. The van der Waals surface area contributed by atoms with E-state index in [0.29, 0.717) is 0 Å². The van der Waals surface area contributed by atoms with Crippen LogP contribution in [0.3, 0.4) is 0 Å². The van der Waals surface area contributed by atoms with Crippen LogP contribution >= 0.6 is 0 Å². The highest BCUT2D eigenvalue weighted by molar-refractivity contribution is 5.79. The van der Waals surface area contributed by atoms with Crippen LogP contribution in [0.2, 0.25) is 0 Å². The van der Waals surface area contributed by atoms with E-state index in [9.17, 15) is 0 Å². The molecule has 0 saturated heterocycles. The Hall–Kier alpha value is -1.03. The number of ether oxygens (including phenoxy) is 1. The van der Waals surface area contributed by atoms with Gasteiger partial charge >= 0.3 is 0 Å². The monoisotopic (exact) mass is 255 g/mol. The van der Waals surface area contributed by atoms with Gasteiger partial charge in [-0.1, -0.05) is 6.08 Å². The molecule has 0 fully saturated rings. The lowest BCUT2D eigenvalue weighted by Gasteiger charge is -2.21. The minimum atomic E-state index is 0.807. The summed E-state index contributed by atoms with van der Waals surface area (Å²) in [7, 11) is 3.89. The van der Waals surface area contributed by atoms with E-state index in [0.717, 1.165) is 57.9 Å². The van der Waals surface area contributed by atoms with Crippen molar-refractivity contribution in [3.8, 4) is 0 Å². The molecule has 0 bridgehead atoms. The van der Waals surface area contributed by atoms with Gasteiger partial charge in [0.1, 0.15) is 0 Å². The van der Waals surface area contributed by atoms with Crippen molar-refractivity contribution >= 4 is 5.96 Å². The third-order valence-corrected chi connectivity index (χ3v) is 2.68. The maximum Gasteiger partial charge on any atom is 0.193 e. The van der Waals surface area contributed by atoms with E-state index < -0.39 is 0 Å². The zero-order chi connectivity index (χ0) is 13.6. The van der Waals surface area contributed by atoms with Crippen LogP contribution in [0.1, 0.15) is 32.6 Å². The predicted molar refractivity (Wildman–Crippen MR) is 79.1 cm³/mol. The highest BCUT2D eigenvalue weighted by Gasteiger charge is 2.03. The summed E-state index contributed by atoms with van der Waals surface area (Å²) in [6, 6.07) is 0. The fourth-order valence-electron chi connectivity index (χ4n) is 1.64. The summed E-state index contributed by atoms with van der Waals surface area (Å²) >= 11 is 0. The fourth-order valence-corrected chi connectivity index (χ4v) is 1.64. The molecule has 0 spiro atoms. The SMILES string of the molecule is C=CCCCN(C)C(=NC)NCCCCOCC. The molecular weight excluding hydrogens is 226 g/mol. The molecule has 0 unspecified atom stereocenters. The molecule has 4 nitrogen and oxygen atoms in total. The number of hydrogen-bond donors (Lipinski definition) is 1. The average Bonchev–Trinajstić information content (AvgIpc) is 2.38. The largest absolute Gasteiger partial charge is 0.382 e. The van der Waals surface area contributed by atoms with Crippen molar-refractivity contribution in [1.82, 2.24) is 10.2 Å². The van der Waals surface area contributed by atoms with Crippen LogP contribution in [0, 0.1) is 0 Å². The smallest absolute Gasteiger partial charge is 0.193 e. The Balaban J connectivity index is 3.66. The van der Waals surface area contributed by atoms with E-state index in [1.807, 2.05) is 20.0 Å². The predicted octanol–water partition coefficient (Wildman–Crippen LogP) is 2.28. The number of hydrogen-bond acceptors (Lipinski definition) is 2. The van der Waals surface area contributed by atoms with E-state index in [1.165, 1.54) is 0 Å². The number of guanidine groups is 1. The average molecular weight is 255 g/mol. The fraction of sp³-hybridized carbons (Fsp3) is 0.786. The van der Waals surface area contributed by atoms with Gasteiger partial charge in [-0.2, -0.15) is 0 Å². The molecule has 0 atom stereocenters. The van der Waals surface area contributed by atoms with Gasteiger partial charge in [0.25, 0.3) is 0 Å². The minimum Gasteiger partial charge on any atom is -0.382 e. The van der Waals surface area contributed by atoms with Gasteiger partial charge in [-0.25, -0.2) is 0 Å². The van der Waals surface area contributed by atoms with Gasteiger partial charge in [0, 0.05) is 40.4 Å². The first-order valence-electron chi connectivity index (χ1n) is 6.86. The number of nitrogens with zero attached hydrogens (tertiary/aromatic N) is 2. The minimum absolute atomic E-state index is 0.807. The Morgan fingerprint density at radius 1 is 1.39 bits per heavy atom. The van der Waals surface area contributed by atoms with Crippen LogP contribution in [0.25, 0.3) is 0 Å². The molecule has 0 heterocycles. The Bertz CT molecular complexity index is 229. The molecule has 106 valence electrons. The van der Waals surface area contributed by atoms with Gasteiger partial charge in [0.05, 0.1) is 0 Å². The lowest BCUT2D eigenvalue weighted by molar-refractivity contribution is 0.143. The molecule has 0 aromatic carbocycles. The molecule has 18 heavy (non-hydrogen) atoms. The summed E-state index contributed by atoms with van der Waals surface area (Å²) in [5, 5.41) is 3.37. The molecule has 0 aromatic heterocycles. The van der Waals surface area contributed by atoms with E-state index in [-0.39, 0.29) is 0 Å². The first-order valence-corrected chi connectivity index (χ1v) is 6.86. The topological polar surface area (TPSA) is 36.9 Å². The van der Waals surface area contributed by atoms with Crippen LogP contribution in [0.15, 0.2) is 17.6 Å². The maximum atomic E-state index is 5.30. The highest BCUT2D eigenvalue weighted by Crippen LogP contribution is 1.95. The molecule has 0 amide bonds. The number of allylic oxidation sites excluding steroid dienone is 1. The van der Waals surface area contributed by atoms with Crippen LogP contribution in [0.4, 0.5) is 0 Å². The molecule has 4 heteroatoms. The Morgan fingerprint density at radius 3 is 2.78 bits per heavy atom. The lowest BCUT2D eigenvalue weighted by atomic mass is 10.3. The lowest BCUT2D eigenvalue weighted by Crippen LogP contribution is -2.39. The standard InChI is InChI=1S/C14H29N3O/c1-5-7-9-12-17(4)14(15-3)16-11-8-10-13-18-6-2/h5H,1,6-13H2,2-4H3,(H,15,16). The molecule has 0 rings (SSSR count). The third kappa shape index (κ3) is 9.05. The summed E-state index contributed by atoms with van der Waals surface area (Å²) in [6.45, 7) is 9.37. The van der Waals surface area contributed by atoms with Gasteiger partial charge in [0.15, 0.2) is 5.96 Å². The molecule has 0 aromatic rings.